The summed E-state index contributed by atoms with van der Waals surface area (Å²) in [6.45, 7) is 5.60. The van der Waals surface area contributed by atoms with Gasteiger partial charge in [-0.3, -0.25) is 4.79 Å². The second-order valence-corrected chi connectivity index (χ2v) is 4.99. The van der Waals surface area contributed by atoms with Gasteiger partial charge in [-0.25, -0.2) is 0 Å². The molecule has 0 aliphatic rings. The first-order valence-electron chi connectivity index (χ1n) is 4.53. The van der Waals surface area contributed by atoms with Crippen LogP contribution in [0.3, 0.4) is 0 Å². The zero-order chi connectivity index (χ0) is 11.5. The molecule has 0 aliphatic carbocycles. The lowest BCUT2D eigenvalue weighted by molar-refractivity contribution is -0.274. The number of halogens is 1. The van der Waals surface area contributed by atoms with Crippen molar-refractivity contribution in [2.24, 2.45) is 0 Å². The molecular weight excluding hydrogens is 260 g/mol. The number of aldehydes is 1. The molecule has 0 amide bonds. The molecule has 0 unspecified atom stereocenters. The highest BCUT2D eigenvalue weighted by atomic mass is 79.9. The Labute approximate surface area is 97.4 Å². The Balaban J connectivity index is 2.83. The third kappa shape index (κ3) is 4.01. The maximum Gasteiger partial charge on any atom is 0.177 e. The quantitative estimate of drug-likeness (QED) is 0.481. The summed E-state index contributed by atoms with van der Waals surface area (Å²) in [5.74, 6) is 0.411. The minimum Gasteiger partial charge on any atom is -0.336 e. The van der Waals surface area contributed by atoms with Crippen molar-refractivity contribution < 1.29 is 14.6 Å². The molecule has 0 radical (unpaired) electrons. The monoisotopic (exact) mass is 272 g/mol. The van der Waals surface area contributed by atoms with Crippen molar-refractivity contribution in [2.75, 3.05) is 0 Å². The smallest absolute Gasteiger partial charge is 0.177 e. The Morgan fingerprint density at radius 1 is 1.33 bits per heavy atom. The molecule has 0 atom stereocenters. The SMILES string of the molecule is CC(C)(C)OOc1cc(Br)ccc1C=O. The van der Waals surface area contributed by atoms with E-state index in [9.17, 15) is 4.79 Å². The van der Waals surface area contributed by atoms with Gasteiger partial charge in [0.25, 0.3) is 0 Å². The zero-order valence-corrected chi connectivity index (χ0v) is 10.5. The second kappa shape index (κ2) is 4.77. The molecule has 0 spiro atoms. The standard InChI is InChI=1S/C11H13BrO3/c1-11(2,3)15-14-10-6-9(12)5-4-8(10)7-13/h4-7H,1-3H3. The van der Waals surface area contributed by atoms with E-state index < -0.39 is 5.60 Å². The molecule has 1 aromatic carbocycles. The minimum absolute atomic E-state index is 0.411. The Morgan fingerprint density at radius 2 is 2.00 bits per heavy atom. The Morgan fingerprint density at radius 3 is 2.53 bits per heavy atom. The van der Waals surface area contributed by atoms with Gasteiger partial charge in [0.05, 0.1) is 5.56 Å². The van der Waals surface area contributed by atoms with Crippen LogP contribution in [0.1, 0.15) is 31.1 Å². The molecular formula is C11H13BrO3. The largest absolute Gasteiger partial charge is 0.336 e. The molecule has 4 heteroatoms. The molecule has 3 nitrogen and oxygen atoms in total. The number of carbonyl (C=O) groups is 1. The van der Waals surface area contributed by atoms with Crippen LogP contribution < -0.4 is 4.89 Å². The number of benzene rings is 1. The predicted molar refractivity (Wildman–Crippen MR) is 61.0 cm³/mol. The molecule has 1 rings (SSSR count). The van der Waals surface area contributed by atoms with E-state index in [4.69, 9.17) is 9.78 Å². The summed E-state index contributed by atoms with van der Waals surface area (Å²) in [5, 5.41) is 0. The summed E-state index contributed by atoms with van der Waals surface area (Å²) in [4.78, 5) is 21.0. The third-order valence-electron chi connectivity index (χ3n) is 1.48. The minimum atomic E-state index is -0.414. The summed E-state index contributed by atoms with van der Waals surface area (Å²) in [6, 6.07) is 5.13. The Bertz CT molecular complexity index is 355. The van der Waals surface area contributed by atoms with Gasteiger partial charge in [-0.2, -0.15) is 4.89 Å². The second-order valence-electron chi connectivity index (χ2n) is 4.08. The van der Waals surface area contributed by atoms with E-state index in [0.29, 0.717) is 11.3 Å². The van der Waals surface area contributed by atoms with Crippen molar-refractivity contribution in [1.82, 2.24) is 0 Å². The van der Waals surface area contributed by atoms with Gasteiger partial charge >= 0.3 is 0 Å². The molecule has 1 aromatic rings. The Hall–Kier alpha value is -0.870. The molecule has 0 saturated carbocycles. The van der Waals surface area contributed by atoms with E-state index in [-0.39, 0.29) is 0 Å². The first-order valence-corrected chi connectivity index (χ1v) is 5.32. The van der Waals surface area contributed by atoms with Crippen molar-refractivity contribution in [3.8, 4) is 5.75 Å². The molecule has 15 heavy (non-hydrogen) atoms. The summed E-state index contributed by atoms with van der Waals surface area (Å²) >= 11 is 3.29. The molecule has 0 saturated heterocycles. The average Bonchev–Trinajstić information content (AvgIpc) is 2.14. The van der Waals surface area contributed by atoms with Gasteiger partial charge in [-0.1, -0.05) is 15.9 Å². The average molecular weight is 273 g/mol. The van der Waals surface area contributed by atoms with Crippen molar-refractivity contribution in [3.05, 3.63) is 28.2 Å². The highest BCUT2D eigenvalue weighted by Crippen LogP contribution is 2.24. The maximum atomic E-state index is 10.7. The van der Waals surface area contributed by atoms with E-state index in [1.165, 1.54) is 0 Å². The summed E-state index contributed by atoms with van der Waals surface area (Å²) in [7, 11) is 0. The maximum absolute atomic E-state index is 10.7. The van der Waals surface area contributed by atoms with E-state index in [1.54, 1.807) is 18.2 Å². The third-order valence-corrected chi connectivity index (χ3v) is 1.98. The molecule has 0 fully saturated rings. The van der Waals surface area contributed by atoms with Gasteiger partial charge in [-0.05, 0) is 39.0 Å². The van der Waals surface area contributed by atoms with Crippen LogP contribution in [0.5, 0.6) is 5.75 Å². The summed E-state index contributed by atoms with van der Waals surface area (Å²) in [6.07, 6.45) is 0.730. The van der Waals surface area contributed by atoms with Gasteiger partial charge in [0, 0.05) is 4.47 Å². The fraction of sp³-hybridized carbons (Fsp3) is 0.364. The lowest BCUT2D eigenvalue weighted by Gasteiger charge is -2.18. The summed E-state index contributed by atoms with van der Waals surface area (Å²) < 4.78 is 0.834. The van der Waals surface area contributed by atoms with Gasteiger partial charge in [0.1, 0.15) is 5.60 Å². The molecule has 0 aromatic heterocycles. The predicted octanol–water partition coefficient (Wildman–Crippen LogP) is 3.37. The van der Waals surface area contributed by atoms with E-state index in [0.717, 1.165) is 10.8 Å². The molecule has 0 N–H and O–H groups in total. The van der Waals surface area contributed by atoms with E-state index >= 15 is 0 Å². The number of carbonyl (C=O) groups excluding carboxylic acids is 1. The van der Waals surface area contributed by atoms with Gasteiger partial charge in [0.15, 0.2) is 12.0 Å². The highest BCUT2D eigenvalue weighted by Gasteiger charge is 2.14. The molecule has 0 bridgehead atoms. The lowest BCUT2D eigenvalue weighted by Crippen LogP contribution is -2.21. The highest BCUT2D eigenvalue weighted by molar-refractivity contribution is 9.10. The van der Waals surface area contributed by atoms with Crippen LogP contribution in [0.2, 0.25) is 0 Å². The fourth-order valence-corrected chi connectivity index (χ4v) is 1.19. The number of hydrogen-bond acceptors (Lipinski definition) is 3. The summed E-state index contributed by atoms with van der Waals surface area (Å²) in [5.41, 5.74) is 0.0464. The van der Waals surface area contributed by atoms with Crippen LogP contribution in [0.25, 0.3) is 0 Å². The molecule has 0 heterocycles. The fourth-order valence-electron chi connectivity index (χ4n) is 0.848. The van der Waals surface area contributed by atoms with Crippen LogP contribution in [-0.2, 0) is 4.89 Å². The van der Waals surface area contributed by atoms with Crippen LogP contribution in [0, 0.1) is 0 Å². The Kier molecular flexibility index (Phi) is 3.88. The lowest BCUT2D eigenvalue weighted by atomic mass is 10.2. The van der Waals surface area contributed by atoms with Gasteiger partial charge < -0.3 is 4.89 Å². The van der Waals surface area contributed by atoms with Crippen LogP contribution >= 0.6 is 15.9 Å². The van der Waals surface area contributed by atoms with Gasteiger partial charge in [-0.15, -0.1) is 0 Å². The topological polar surface area (TPSA) is 35.5 Å². The van der Waals surface area contributed by atoms with Gasteiger partial charge in [0.2, 0.25) is 0 Å². The zero-order valence-electron chi connectivity index (χ0n) is 8.91. The van der Waals surface area contributed by atoms with Crippen molar-refractivity contribution in [1.29, 1.82) is 0 Å². The first-order chi connectivity index (χ1) is 6.92. The van der Waals surface area contributed by atoms with Crippen LogP contribution in [0.4, 0.5) is 0 Å². The number of hydrogen-bond donors (Lipinski definition) is 0. The van der Waals surface area contributed by atoms with Crippen LogP contribution in [-0.4, -0.2) is 11.9 Å². The normalized spacial score (nSPS) is 11.2. The molecule has 82 valence electrons. The van der Waals surface area contributed by atoms with Crippen molar-refractivity contribution in [2.45, 2.75) is 26.4 Å². The van der Waals surface area contributed by atoms with E-state index in [1.807, 2.05) is 20.8 Å². The van der Waals surface area contributed by atoms with Crippen LogP contribution in [0.15, 0.2) is 22.7 Å². The van der Waals surface area contributed by atoms with Crippen molar-refractivity contribution >= 4 is 22.2 Å². The first kappa shape index (κ1) is 12.2. The van der Waals surface area contributed by atoms with E-state index in [2.05, 4.69) is 15.9 Å². The number of rotatable bonds is 3. The molecule has 0 aliphatic heterocycles. The van der Waals surface area contributed by atoms with Crippen molar-refractivity contribution in [3.63, 3.8) is 0 Å².